The molecule has 1 saturated heterocycles. The molecule has 1 fully saturated rings. The van der Waals surface area contributed by atoms with Crippen LogP contribution in [0.4, 0.5) is 5.69 Å². The second-order valence-corrected chi connectivity index (χ2v) is 6.46. The minimum atomic E-state index is -3.63. The summed E-state index contributed by atoms with van der Waals surface area (Å²) >= 11 is 0. The Morgan fingerprint density at radius 3 is 2.37 bits per heavy atom. The van der Waals surface area contributed by atoms with E-state index in [-0.39, 0.29) is 23.7 Å². The number of nitrogens with zero attached hydrogens (tertiary/aromatic N) is 1. The quantitative estimate of drug-likeness (QED) is 0.798. The van der Waals surface area contributed by atoms with Crippen molar-refractivity contribution in [3.63, 3.8) is 0 Å². The van der Waals surface area contributed by atoms with Crippen LogP contribution in [-0.4, -0.2) is 36.9 Å². The number of carboxylic acids is 1. The van der Waals surface area contributed by atoms with Crippen LogP contribution in [0.1, 0.15) is 12.8 Å². The van der Waals surface area contributed by atoms with Crippen LogP contribution in [0.2, 0.25) is 0 Å². The van der Waals surface area contributed by atoms with Gasteiger partial charge in [0.25, 0.3) is 0 Å². The van der Waals surface area contributed by atoms with Crippen molar-refractivity contribution in [1.29, 1.82) is 0 Å². The van der Waals surface area contributed by atoms with Gasteiger partial charge in [0.1, 0.15) is 4.90 Å². The highest BCUT2D eigenvalue weighted by atomic mass is 32.2. The van der Waals surface area contributed by atoms with Crippen molar-refractivity contribution in [2.24, 2.45) is 5.92 Å². The molecular formula is C12H16N2O4S. The van der Waals surface area contributed by atoms with Gasteiger partial charge in [-0.1, -0.05) is 12.1 Å². The molecule has 0 bridgehead atoms. The van der Waals surface area contributed by atoms with Crippen LogP contribution in [0.5, 0.6) is 0 Å². The Morgan fingerprint density at radius 1 is 1.26 bits per heavy atom. The summed E-state index contributed by atoms with van der Waals surface area (Å²) in [5.41, 5.74) is 5.90. The van der Waals surface area contributed by atoms with Gasteiger partial charge in [0.2, 0.25) is 10.0 Å². The van der Waals surface area contributed by atoms with Gasteiger partial charge in [0, 0.05) is 13.1 Å². The molecule has 104 valence electrons. The summed E-state index contributed by atoms with van der Waals surface area (Å²) in [6.45, 7) is 0.432. The first kappa shape index (κ1) is 13.8. The van der Waals surface area contributed by atoms with Gasteiger partial charge in [-0.05, 0) is 25.0 Å². The SMILES string of the molecule is Nc1ccccc1S(=O)(=O)N1CCC(C(=O)O)CC1. The molecule has 0 aliphatic carbocycles. The number of sulfonamides is 1. The van der Waals surface area contributed by atoms with Gasteiger partial charge in [-0.2, -0.15) is 4.31 Å². The number of hydrogen-bond acceptors (Lipinski definition) is 4. The summed E-state index contributed by atoms with van der Waals surface area (Å²) in [6.07, 6.45) is 0.669. The van der Waals surface area contributed by atoms with Crippen LogP contribution in [-0.2, 0) is 14.8 Å². The van der Waals surface area contributed by atoms with E-state index in [9.17, 15) is 13.2 Å². The Kier molecular flexibility index (Phi) is 3.77. The Hall–Kier alpha value is -1.60. The maximum atomic E-state index is 12.4. The highest BCUT2D eigenvalue weighted by Crippen LogP contribution is 2.26. The Bertz CT molecular complexity index is 577. The molecule has 6 nitrogen and oxygen atoms in total. The predicted octanol–water partition coefficient (Wildman–Crippen LogP) is 0.754. The van der Waals surface area contributed by atoms with Crippen molar-refractivity contribution in [3.8, 4) is 0 Å². The number of nitrogen functional groups attached to an aromatic ring is 1. The topological polar surface area (TPSA) is 101 Å². The zero-order valence-electron chi connectivity index (χ0n) is 10.3. The largest absolute Gasteiger partial charge is 0.481 e. The monoisotopic (exact) mass is 284 g/mol. The zero-order chi connectivity index (χ0) is 14.0. The van der Waals surface area contributed by atoms with Crippen molar-refractivity contribution in [2.45, 2.75) is 17.7 Å². The van der Waals surface area contributed by atoms with E-state index in [1.807, 2.05) is 0 Å². The molecule has 0 amide bonds. The fourth-order valence-corrected chi connectivity index (χ4v) is 3.78. The average molecular weight is 284 g/mol. The molecule has 0 atom stereocenters. The normalized spacial score (nSPS) is 18.3. The second-order valence-electron chi connectivity index (χ2n) is 4.55. The van der Waals surface area contributed by atoms with Crippen LogP contribution in [0.25, 0.3) is 0 Å². The number of hydrogen-bond donors (Lipinski definition) is 2. The number of carboxylic acid groups (broad SMARTS) is 1. The lowest BCUT2D eigenvalue weighted by atomic mass is 9.99. The molecule has 0 saturated carbocycles. The number of anilines is 1. The van der Waals surface area contributed by atoms with Gasteiger partial charge in [0.15, 0.2) is 0 Å². The lowest BCUT2D eigenvalue weighted by Crippen LogP contribution is -2.40. The fraction of sp³-hybridized carbons (Fsp3) is 0.417. The molecule has 19 heavy (non-hydrogen) atoms. The van der Waals surface area contributed by atoms with E-state index in [1.54, 1.807) is 12.1 Å². The summed E-state index contributed by atoms with van der Waals surface area (Å²) in [6, 6.07) is 6.29. The van der Waals surface area contributed by atoms with Crippen LogP contribution in [0, 0.1) is 5.92 Å². The Balaban J connectivity index is 2.19. The molecule has 1 aliphatic rings. The number of nitrogens with two attached hydrogens (primary N) is 1. The molecular weight excluding hydrogens is 268 g/mol. The number of benzene rings is 1. The lowest BCUT2D eigenvalue weighted by molar-refractivity contribution is -0.142. The molecule has 1 aliphatic heterocycles. The number of rotatable bonds is 3. The molecule has 0 spiro atoms. The average Bonchev–Trinajstić information content (AvgIpc) is 2.39. The lowest BCUT2D eigenvalue weighted by Gasteiger charge is -2.29. The minimum absolute atomic E-state index is 0.0868. The Labute approximate surface area is 111 Å². The molecule has 0 aromatic heterocycles. The maximum Gasteiger partial charge on any atom is 0.306 e. The molecule has 2 rings (SSSR count). The first-order chi connectivity index (χ1) is 8.93. The summed E-state index contributed by atoms with van der Waals surface area (Å²) in [5, 5.41) is 8.90. The molecule has 1 aromatic rings. The van der Waals surface area contributed by atoms with Crippen molar-refractivity contribution >= 4 is 21.7 Å². The third-order valence-corrected chi connectivity index (χ3v) is 5.31. The standard InChI is InChI=1S/C12H16N2O4S/c13-10-3-1-2-4-11(10)19(17,18)14-7-5-9(6-8-14)12(15)16/h1-4,9H,5-8,13H2,(H,15,16). The summed E-state index contributed by atoms with van der Waals surface area (Å²) in [4.78, 5) is 10.9. The highest BCUT2D eigenvalue weighted by molar-refractivity contribution is 7.89. The van der Waals surface area contributed by atoms with Gasteiger partial charge < -0.3 is 10.8 Å². The van der Waals surface area contributed by atoms with E-state index in [1.165, 1.54) is 16.4 Å². The minimum Gasteiger partial charge on any atom is -0.481 e. The summed E-state index contributed by atoms with van der Waals surface area (Å²) < 4.78 is 26.1. The third-order valence-electron chi connectivity index (χ3n) is 3.34. The predicted molar refractivity (Wildman–Crippen MR) is 70.0 cm³/mol. The zero-order valence-corrected chi connectivity index (χ0v) is 11.1. The van der Waals surface area contributed by atoms with E-state index in [4.69, 9.17) is 10.8 Å². The number of para-hydroxylation sites is 1. The van der Waals surface area contributed by atoms with Crippen LogP contribution in [0.15, 0.2) is 29.2 Å². The van der Waals surface area contributed by atoms with Crippen molar-refractivity contribution in [3.05, 3.63) is 24.3 Å². The number of piperidine rings is 1. The molecule has 1 aromatic carbocycles. The van der Waals surface area contributed by atoms with Crippen molar-refractivity contribution in [1.82, 2.24) is 4.31 Å². The maximum absolute atomic E-state index is 12.4. The van der Waals surface area contributed by atoms with Crippen molar-refractivity contribution < 1.29 is 18.3 Å². The highest BCUT2D eigenvalue weighted by Gasteiger charge is 2.32. The molecule has 0 radical (unpaired) electrons. The summed E-state index contributed by atoms with van der Waals surface area (Å²) in [7, 11) is -3.63. The van der Waals surface area contributed by atoms with Gasteiger partial charge in [-0.3, -0.25) is 4.79 Å². The second kappa shape index (κ2) is 5.18. The molecule has 7 heteroatoms. The van der Waals surface area contributed by atoms with Gasteiger partial charge in [0.05, 0.1) is 11.6 Å². The van der Waals surface area contributed by atoms with Gasteiger partial charge in [-0.25, -0.2) is 8.42 Å². The molecule has 0 unspecified atom stereocenters. The number of carbonyl (C=O) groups is 1. The third kappa shape index (κ3) is 2.71. The van der Waals surface area contributed by atoms with Crippen LogP contribution >= 0.6 is 0 Å². The van der Waals surface area contributed by atoms with E-state index >= 15 is 0 Å². The van der Waals surface area contributed by atoms with Crippen molar-refractivity contribution in [2.75, 3.05) is 18.8 Å². The number of aliphatic carboxylic acids is 1. The smallest absolute Gasteiger partial charge is 0.306 e. The van der Waals surface area contributed by atoms with E-state index in [0.29, 0.717) is 12.8 Å². The van der Waals surface area contributed by atoms with E-state index in [0.717, 1.165) is 0 Å². The Morgan fingerprint density at radius 2 is 1.84 bits per heavy atom. The van der Waals surface area contributed by atoms with Gasteiger partial charge >= 0.3 is 5.97 Å². The van der Waals surface area contributed by atoms with Gasteiger partial charge in [-0.15, -0.1) is 0 Å². The molecule has 3 N–H and O–H groups in total. The summed E-state index contributed by atoms with van der Waals surface area (Å²) in [5.74, 6) is -1.32. The fourth-order valence-electron chi connectivity index (χ4n) is 2.20. The molecule has 1 heterocycles. The van der Waals surface area contributed by atoms with Crippen LogP contribution < -0.4 is 5.73 Å². The first-order valence-electron chi connectivity index (χ1n) is 6.00. The first-order valence-corrected chi connectivity index (χ1v) is 7.44. The van der Waals surface area contributed by atoms with Crippen LogP contribution in [0.3, 0.4) is 0 Å². The van der Waals surface area contributed by atoms with E-state index in [2.05, 4.69) is 0 Å². The van der Waals surface area contributed by atoms with E-state index < -0.39 is 21.9 Å².